The molecule has 0 aromatic carbocycles. The molecule has 0 aromatic heterocycles. The Labute approximate surface area is 149 Å². The fourth-order valence-corrected chi connectivity index (χ4v) is 2.57. The molecule has 144 valence electrons. The average Bonchev–Trinajstić information content (AvgIpc) is 2.60. The smallest absolute Gasteiger partial charge is 0.305 e. The number of rotatable bonds is 16. The molecule has 0 spiro atoms. The van der Waals surface area contributed by atoms with E-state index in [1.807, 2.05) is 6.92 Å². The molecule has 4 nitrogen and oxygen atoms in total. The van der Waals surface area contributed by atoms with Crippen LogP contribution in [0, 0.1) is 0 Å². The number of ether oxygens (including phenoxy) is 1. The SMILES string of the molecule is CCCCCCCCC=CCCCCCCCC(=O)OCC.OO. The van der Waals surface area contributed by atoms with Crippen molar-refractivity contribution in [3.8, 4) is 0 Å². The van der Waals surface area contributed by atoms with Gasteiger partial charge >= 0.3 is 5.97 Å². The van der Waals surface area contributed by atoms with Gasteiger partial charge in [0, 0.05) is 6.42 Å². The first-order chi connectivity index (χ1) is 11.8. The van der Waals surface area contributed by atoms with Gasteiger partial charge in [0.1, 0.15) is 0 Å². The molecule has 0 unspecified atom stereocenters. The first kappa shape index (κ1) is 25.4. The van der Waals surface area contributed by atoms with E-state index < -0.39 is 0 Å². The molecular weight excluding hydrogens is 304 g/mol. The van der Waals surface area contributed by atoms with Gasteiger partial charge < -0.3 is 4.74 Å². The summed E-state index contributed by atoms with van der Waals surface area (Å²) in [6.45, 7) is 4.63. The molecule has 24 heavy (non-hydrogen) atoms. The summed E-state index contributed by atoms with van der Waals surface area (Å²) in [4.78, 5) is 11.1. The highest BCUT2D eigenvalue weighted by molar-refractivity contribution is 5.69. The Hall–Kier alpha value is -0.870. The number of hydrogen-bond acceptors (Lipinski definition) is 4. The lowest BCUT2D eigenvalue weighted by Gasteiger charge is -2.01. The maximum Gasteiger partial charge on any atom is 0.305 e. The third-order valence-corrected chi connectivity index (χ3v) is 3.95. The van der Waals surface area contributed by atoms with Crippen molar-refractivity contribution in [2.45, 2.75) is 104 Å². The van der Waals surface area contributed by atoms with E-state index in [9.17, 15) is 4.79 Å². The number of carbonyl (C=O) groups is 1. The van der Waals surface area contributed by atoms with Crippen molar-refractivity contribution >= 4 is 5.97 Å². The van der Waals surface area contributed by atoms with Gasteiger partial charge in [-0.1, -0.05) is 70.4 Å². The minimum atomic E-state index is -0.0415. The van der Waals surface area contributed by atoms with Gasteiger partial charge in [-0.15, -0.1) is 0 Å². The lowest BCUT2D eigenvalue weighted by molar-refractivity contribution is -0.176. The highest BCUT2D eigenvalue weighted by Gasteiger charge is 2.00. The monoisotopic (exact) mass is 344 g/mol. The molecule has 2 N–H and O–H groups in total. The Bertz CT molecular complexity index is 264. The van der Waals surface area contributed by atoms with E-state index >= 15 is 0 Å². The summed E-state index contributed by atoms with van der Waals surface area (Å²) in [5, 5.41) is 12.0. The van der Waals surface area contributed by atoms with Crippen molar-refractivity contribution < 1.29 is 20.0 Å². The largest absolute Gasteiger partial charge is 0.466 e. The van der Waals surface area contributed by atoms with Gasteiger partial charge in [0.2, 0.25) is 0 Å². The Balaban J connectivity index is 0. The zero-order chi connectivity index (χ0) is 18.3. The third-order valence-electron chi connectivity index (χ3n) is 3.95. The van der Waals surface area contributed by atoms with E-state index in [-0.39, 0.29) is 5.97 Å². The van der Waals surface area contributed by atoms with E-state index in [0.29, 0.717) is 13.0 Å². The zero-order valence-electron chi connectivity index (χ0n) is 16.0. The molecule has 0 aliphatic carbocycles. The highest BCUT2D eigenvalue weighted by atomic mass is 17.0. The summed E-state index contributed by atoms with van der Waals surface area (Å²) < 4.78 is 4.91. The highest BCUT2D eigenvalue weighted by Crippen LogP contribution is 2.10. The number of unbranched alkanes of at least 4 members (excludes halogenated alkanes) is 11. The summed E-state index contributed by atoms with van der Waals surface area (Å²) in [5.74, 6) is -0.0415. The Morgan fingerprint density at radius 3 is 1.71 bits per heavy atom. The second-order valence-corrected chi connectivity index (χ2v) is 6.14. The molecule has 0 amide bonds. The van der Waals surface area contributed by atoms with Gasteiger partial charge in [-0.2, -0.15) is 0 Å². The third kappa shape index (κ3) is 23.4. The molecule has 0 heterocycles. The van der Waals surface area contributed by atoms with E-state index in [1.54, 1.807) is 0 Å². The van der Waals surface area contributed by atoms with Crippen LogP contribution >= 0.6 is 0 Å². The van der Waals surface area contributed by atoms with E-state index in [0.717, 1.165) is 12.8 Å². The topological polar surface area (TPSA) is 66.8 Å². The number of hydrogen-bond donors (Lipinski definition) is 2. The van der Waals surface area contributed by atoms with Gasteiger partial charge in [0.25, 0.3) is 0 Å². The molecule has 0 aromatic rings. The van der Waals surface area contributed by atoms with Crippen LogP contribution in [-0.4, -0.2) is 23.1 Å². The van der Waals surface area contributed by atoms with Crippen LogP contribution in [0.2, 0.25) is 0 Å². The van der Waals surface area contributed by atoms with E-state index in [4.69, 9.17) is 15.3 Å². The van der Waals surface area contributed by atoms with Crippen LogP contribution in [0.1, 0.15) is 104 Å². The molecule has 0 fully saturated rings. The lowest BCUT2D eigenvalue weighted by atomic mass is 10.1. The quantitative estimate of drug-likeness (QED) is 0.109. The molecule has 0 aliphatic heterocycles. The number of esters is 1. The average molecular weight is 345 g/mol. The van der Waals surface area contributed by atoms with Gasteiger partial charge in [0.05, 0.1) is 6.61 Å². The van der Waals surface area contributed by atoms with Crippen LogP contribution in [0.25, 0.3) is 0 Å². The van der Waals surface area contributed by atoms with Gasteiger partial charge in [-0.05, 0) is 39.0 Å². The first-order valence-corrected chi connectivity index (χ1v) is 9.81. The summed E-state index contributed by atoms with van der Waals surface area (Å²) >= 11 is 0. The van der Waals surface area contributed by atoms with Crippen LogP contribution in [0.3, 0.4) is 0 Å². The first-order valence-electron chi connectivity index (χ1n) is 9.81. The van der Waals surface area contributed by atoms with Crippen molar-refractivity contribution in [3.63, 3.8) is 0 Å². The van der Waals surface area contributed by atoms with Gasteiger partial charge in [-0.3, -0.25) is 15.3 Å². The van der Waals surface area contributed by atoms with Crippen molar-refractivity contribution in [2.24, 2.45) is 0 Å². The summed E-state index contributed by atoms with van der Waals surface area (Å²) in [7, 11) is 0. The molecule has 0 aliphatic rings. The predicted octanol–water partition coefficient (Wildman–Crippen LogP) is 6.60. The predicted molar refractivity (Wildman–Crippen MR) is 101 cm³/mol. The Morgan fingerprint density at radius 1 is 0.750 bits per heavy atom. The van der Waals surface area contributed by atoms with Gasteiger partial charge in [0.15, 0.2) is 0 Å². The molecular formula is C20H40O4. The van der Waals surface area contributed by atoms with E-state index in [1.165, 1.54) is 70.6 Å². The van der Waals surface area contributed by atoms with Crippen molar-refractivity contribution in [1.29, 1.82) is 0 Å². The summed E-state index contributed by atoms with van der Waals surface area (Å²) in [5.41, 5.74) is 0. The molecule has 0 saturated heterocycles. The minimum absolute atomic E-state index is 0.0415. The standard InChI is InChI=1S/C20H38O2.H2O2/c1-3-5-6-7-8-9-10-11-12-13-14-15-16-17-18-19-20(21)22-4-2;1-2/h11-12H,3-10,13-19H2,1-2H3;1-2H. The maximum absolute atomic E-state index is 11.1. The second-order valence-electron chi connectivity index (χ2n) is 6.14. The lowest BCUT2D eigenvalue weighted by Crippen LogP contribution is -2.03. The summed E-state index contributed by atoms with van der Waals surface area (Å²) in [6, 6.07) is 0. The van der Waals surface area contributed by atoms with Crippen LogP contribution in [0.15, 0.2) is 12.2 Å². The molecule has 0 rings (SSSR count). The van der Waals surface area contributed by atoms with Crippen LogP contribution < -0.4 is 0 Å². The van der Waals surface area contributed by atoms with Gasteiger partial charge in [-0.25, -0.2) is 0 Å². The van der Waals surface area contributed by atoms with Crippen LogP contribution in [0.5, 0.6) is 0 Å². The van der Waals surface area contributed by atoms with Crippen molar-refractivity contribution in [2.75, 3.05) is 6.61 Å². The van der Waals surface area contributed by atoms with Crippen molar-refractivity contribution in [1.82, 2.24) is 0 Å². The molecule has 0 atom stereocenters. The minimum Gasteiger partial charge on any atom is -0.466 e. The Kier molecular flexibility index (Phi) is 25.8. The fraction of sp³-hybridized carbons (Fsp3) is 0.850. The maximum atomic E-state index is 11.1. The molecule has 0 bridgehead atoms. The van der Waals surface area contributed by atoms with Crippen LogP contribution in [0.4, 0.5) is 0 Å². The molecule has 4 heteroatoms. The fourth-order valence-electron chi connectivity index (χ4n) is 2.57. The second kappa shape index (κ2) is 24.4. The van der Waals surface area contributed by atoms with E-state index in [2.05, 4.69) is 19.1 Å². The van der Waals surface area contributed by atoms with Crippen LogP contribution in [-0.2, 0) is 9.53 Å². The normalized spacial score (nSPS) is 10.5. The number of carbonyl (C=O) groups excluding carboxylic acids is 1. The van der Waals surface area contributed by atoms with Crippen molar-refractivity contribution in [3.05, 3.63) is 12.2 Å². The molecule has 0 saturated carbocycles. The zero-order valence-corrected chi connectivity index (χ0v) is 16.0. The summed E-state index contributed by atoms with van der Waals surface area (Å²) in [6.07, 6.45) is 22.0. The number of allylic oxidation sites excluding steroid dienone is 2. The molecule has 0 radical (unpaired) electrons. The Morgan fingerprint density at radius 2 is 1.21 bits per heavy atom.